The minimum absolute atomic E-state index is 0.286. The molecule has 2 aliphatic rings. The van der Waals surface area contributed by atoms with Gasteiger partial charge in [-0.2, -0.15) is 0 Å². The van der Waals surface area contributed by atoms with Gasteiger partial charge < -0.3 is 5.11 Å². The van der Waals surface area contributed by atoms with Crippen molar-refractivity contribution in [3.63, 3.8) is 0 Å². The topological polar surface area (TPSA) is 23.5 Å². The van der Waals surface area contributed by atoms with E-state index in [1.54, 1.807) is 0 Å². The Labute approximate surface area is 115 Å². The summed E-state index contributed by atoms with van der Waals surface area (Å²) in [6.45, 7) is 8.32. The number of nitrogens with zero attached hydrogens (tertiary/aromatic N) is 1. The molecule has 19 heavy (non-hydrogen) atoms. The molecule has 2 nitrogen and oxygen atoms in total. The van der Waals surface area contributed by atoms with Gasteiger partial charge in [0.25, 0.3) is 0 Å². The fourth-order valence-electron chi connectivity index (χ4n) is 4.08. The second-order valence-electron chi connectivity index (χ2n) is 6.07. The molecule has 1 fully saturated rings. The molecule has 0 radical (unpaired) electrons. The summed E-state index contributed by atoms with van der Waals surface area (Å²) in [5, 5.41) is 9.81. The van der Waals surface area contributed by atoms with Crippen molar-refractivity contribution in [3.8, 4) is 5.75 Å². The minimum Gasteiger partial charge on any atom is -0.508 e. The SMILES string of the molecule is C=CCN1CCC2(CC)CC1Cc1ccc(O)cc12. The second-order valence-corrected chi connectivity index (χ2v) is 6.07. The van der Waals surface area contributed by atoms with E-state index in [1.807, 2.05) is 18.2 Å². The highest BCUT2D eigenvalue weighted by Gasteiger charge is 2.44. The molecule has 2 bridgehead atoms. The molecule has 102 valence electrons. The molecule has 2 heteroatoms. The van der Waals surface area contributed by atoms with Crippen LogP contribution in [0.25, 0.3) is 0 Å². The summed E-state index contributed by atoms with van der Waals surface area (Å²) >= 11 is 0. The van der Waals surface area contributed by atoms with Crippen LogP contribution in [0.2, 0.25) is 0 Å². The molecule has 1 aliphatic carbocycles. The number of phenolic OH excluding ortho intramolecular Hbond substituents is 1. The van der Waals surface area contributed by atoms with Gasteiger partial charge in [0.05, 0.1) is 0 Å². The zero-order valence-corrected chi connectivity index (χ0v) is 11.7. The Morgan fingerprint density at radius 2 is 2.37 bits per heavy atom. The third-order valence-corrected chi connectivity index (χ3v) is 5.18. The van der Waals surface area contributed by atoms with Gasteiger partial charge in [0, 0.05) is 12.6 Å². The molecule has 2 unspecified atom stereocenters. The van der Waals surface area contributed by atoms with Crippen LogP contribution in [-0.2, 0) is 11.8 Å². The van der Waals surface area contributed by atoms with Crippen molar-refractivity contribution in [3.05, 3.63) is 42.0 Å². The lowest BCUT2D eigenvalue weighted by molar-refractivity contribution is 0.0876. The maximum absolute atomic E-state index is 9.81. The van der Waals surface area contributed by atoms with Crippen LogP contribution in [-0.4, -0.2) is 29.1 Å². The van der Waals surface area contributed by atoms with Gasteiger partial charge in [-0.05, 0) is 60.9 Å². The highest BCUT2D eigenvalue weighted by molar-refractivity contribution is 5.43. The fraction of sp³-hybridized carbons (Fsp3) is 0.529. The first-order chi connectivity index (χ1) is 9.18. The van der Waals surface area contributed by atoms with E-state index in [0.717, 1.165) is 19.5 Å². The summed E-state index contributed by atoms with van der Waals surface area (Å²) in [7, 11) is 0. The molecule has 1 aromatic carbocycles. The second kappa shape index (κ2) is 4.68. The van der Waals surface area contributed by atoms with Crippen LogP contribution in [0.4, 0.5) is 0 Å². The van der Waals surface area contributed by atoms with E-state index < -0.39 is 0 Å². The Morgan fingerprint density at radius 3 is 3.11 bits per heavy atom. The van der Waals surface area contributed by atoms with Crippen molar-refractivity contribution in [2.75, 3.05) is 13.1 Å². The van der Waals surface area contributed by atoms with E-state index in [1.165, 1.54) is 30.4 Å². The van der Waals surface area contributed by atoms with E-state index in [4.69, 9.17) is 0 Å². The Kier molecular flexibility index (Phi) is 3.14. The standard InChI is InChI=1S/C17H23NO/c1-3-8-18-9-7-17(4-2)12-14(18)10-13-5-6-15(19)11-16(13)17/h3,5-6,11,14,19H,1,4,7-10,12H2,2H3. The number of aromatic hydroxyl groups is 1. The third kappa shape index (κ3) is 1.99. The number of rotatable bonds is 3. The monoisotopic (exact) mass is 257 g/mol. The van der Waals surface area contributed by atoms with Crippen molar-refractivity contribution in [1.29, 1.82) is 0 Å². The van der Waals surface area contributed by atoms with Gasteiger partial charge in [0.2, 0.25) is 0 Å². The van der Waals surface area contributed by atoms with Crippen molar-refractivity contribution in [2.24, 2.45) is 0 Å². The van der Waals surface area contributed by atoms with Gasteiger partial charge in [0.1, 0.15) is 5.75 Å². The summed E-state index contributed by atoms with van der Waals surface area (Å²) < 4.78 is 0. The number of phenols is 1. The van der Waals surface area contributed by atoms with Gasteiger partial charge in [-0.3, -0.25) is 4.90 Å². The summed E-state index contributed by atoms with van der Waals surface area (Å²) in [5.41, 5.74) is 3.13. The number of hydrogen-bond donors (Lipinski definition) is 1. The Morgan fingerprint density at radius 1 is 1.53 bits per heavy atom. The van der Waals surface area contributed by atoms with Crippen molar-refractivity contribution >= 4 is 0 Å². The zero-order chi connectivity index (χ0) is 13.5. The average Bonchev–Trinajstić information content (AvgIpc) is 2.43. The lowest BCUT2D eigenvalue weighted by atomic mass is 9.62. The molecule has 2 atom stereocenters. The zero-order valence-electron chi connectivity index (χ0n) is 11.7. The summed E-state index contributed by atoms with van der Waals surface area (Å²) in [4.78, 5) is 2.57. The minimum atomic E-state index is 0.286. The van der Waals surface area contributed by atoms with E-state index in [0.29, 0.717) is 11.8 Å². The van der Waals surface area contributed by atoms with Crippen LogP contribution in [0.5, 0.6) is 5.75 Å². The fourth-order valence-corrected chi connectivity index (χ4v) is 4.08. The highest BCUT2D eigenvalue weighted by Crippen LogP contribution is 2.47. The van der Waals surface area contributed by atoms with Gasteiger partial charge in [-0.15, -0.1) is 6.58 Å². The molecular weight excluding hydrogens is 234 g/mol. The van der Waals surface area contributed by atoms with Gasteiger partial charge in [-0.25, -0.2) is 0 Å². The van der Waals surface area contributed by atoms with Gasteiger partial charge in [-0.1, -0.05) is 19.1 Å². The molecule has 1 heterocycles. The largest absolute Gasteiger partial charge is 0.508 e. The summed E-state index contributed by atoms with van der Waals surface area (Å²) in [6.07, 6.45) is 6.73. The molecule has 0 amide bonds. The van der Waals surface area contributed by atoms with E-state index in [-0.39, 0.29) is 5.41 Å². The number of piperidine rings is 1. The summed E-state index contributed by atoms with van der Waals surface area (Å²) in [6, 6.07) is 6.61. The lowest BCUT2D eigenvalue weighted by Crippen LogP contribution is -2.52. The molecule has 1 aliphatic heterocycles. The lowest BCUT2D eigenvalue weighted by Gasteiger charge is -2.51. The molecule has 1 N–H and O–H groups in total. The Balaban J connectivity index is 2.02. The van der Waals surface area contributed by atoms with E-state index >= 15 is 0 Å². The molecule has 0 saturated carbocycles. The molecule has 1 saturated heterocycles. The smallest absolute Gasteiger partial charge is 0.115 e. The van der Waals surface area contributed by atoms with Crippen LogP contribution in [0.1, 0.15) is 37.3 Å². The van der Waals surface area contributed by atoms with Crippen molar-refractivity contribution in [2.45, 2.75) is 44.1 Å². The number of hydrogen-bond acceptors (Lipinski definition) is 2. The Hall–Kier alpha value is -1.28. The first-order valence-corrected chi connectivity index (χ1v) is 7.36. The molecule has 3 rings (SSSR count). The highest BCUT2D eigenvalue weighted by atomic mass is 16.3. The maximum Gasteiger partial charge on any atom is 0.115 e. The Bertz CT molecular complexity index is 496. The first-order valence-electron chi connectivity index (χ1n) is 7.36. The van der Waals surface area contributed by atoms with Crippen molar-refractivity contribution < 1.29 is 5.11 Å². The molecule has 0 aromatic heterocycles. The number of likely N-dealkylation sites (tertiary alicyclic amines) is 1. The quantitative estimate of drug-likeness (QED) is 0.840. The number of fused-ring (bicyclic) bond motifs is 4. The van der Waals surface area contributed by atoms with Crippen LogP contribution in [0.3, 0.4) is 0 Å². The third-order valence-electron chi connectivity index (χ3n) is 5.18. The predicted octanol–water partition coefficient (Wildman–Crippen LogP) is 3.25. The van der Waals surface area contributed by atoms with Crippen LogP contribution < -0.4 is 0 Å². The molecule has 1 aromatic rings. The molecular formula is C17H23NO. The van der Waals surface area contributed by atoms with Crippen LogP contribution in [0, 0.1) is 0 Å². The van der Waals surface area contributed by atoms with E-state index in [9.17, 15) is 5.11 Å². The van der Waals surface area contributed by atoms with Gasteiger partial charge in [0.15, 0.2) is 0 Å². The maximum atomic E-state index is 9.81. The molecule has 0 spiro atoms. The summed E-state index contributed by atoms with van der Waals surface area (Å²) in [5.74, 6) is 0.415. The predicted molar refractivity (Wildman–Crippen MR) is 78.6 cm³/mol. The van der Waals surface area contributed by atoms with Crippen LogP contribution in [0.15, 0.2) is 30.9 Å². The van der Waals surface area contributed by atoms with Gasteiger partial charge >= 0.3 is 0 Å². The average molecular weight is 257 g/mol. The normalized spacial score (nSPS) is 29.8. The van der Waals surface area contributed by atoms with E-state index in [2.05, 4.69) is 24.5 Å². The first kappa shape index (κ1) is 12.7. The number of benzene rings is 1. The van der Waals surface area contributed by atoms with Crippen molar-refractivity contribution in [1.82, 2.24) is 4.90 Å². The van der Waals surface area contributed by atoms with Crippen LogP contribution >= 0.6 is 0 Å².